The first-order chi connectivity index (χ1) is 15.4. The summed E-state index contributed by atoms with van der Waals surface area (Å²) in [5.41, 5.74) is 1.32. The Labute approximate surface area is 197 Å². The van der Waals surface area contributed by atoms with E-state index >= 15 is 0 Å². The second kappa shape index (κ2) is 10.8. The van der Waals surface area contributed by atoms with Gasteiger partial charge in [0.1, 0.15) is 11.5 Å². The fraction of sp³-hybridized carbons (Fsp3) is 0.360. The molecule has 1 N–H and O–H groups in total. The van der Waals surface area contributed by atoms with Gasteiger partial charge in [0.15, 0.2) is 0 Å². The van der Waals surface area contributed by atoms with Crippen molar-refractivity contribution in [1.29, 1.82) is 0 Å². The zero-order chi connectivity index (χ0) is 23.3. The lowest BCUT2D eigenvalue weighted by atomic mass is 9.95. The monoisotopic (exact) mass is 500 g/mol. The molecule has 1 aliphatic heterocycles. The van der Waals surface area contributed by atoms with E-state index in [1.54, 1.807) is 29.2 Å². The van der Waals surface area contributed by atoms with Gasteiger partial charge in [-0.3, -0.25) is 9.59 Å². The molecule has 0 radical (unpaired) electrons. The Bertz CT molecular complexity index is 999. The number of ether oxygens (including phenoxy) is 1. The number of rotatable bonds is 9. The molecule has 6 nitrogen and oxygen atoms in total. The number of aliphatic hydroxyl groups excluding tert-OH is 1. The van der Waals surface area contributed by atoms with Crippen LogP contribution < -0.4 is 4.74 Å². The van der Waals surface area contributed by atoms with Crippen LogP contribution in [0.2, 0.25) is 0 Å². The summed E-state index contributed by atoms with van der Waals surface area (Å²) in [5.74, 6) is -0.882. The number of nitrogens with zero attached hydrogens (tertiary/aromatic N) is 2. The van der Waals surface area contributed by atoms with E-state index in [0.717, 1.165) is 36.1 Å². The Morgan fingerprint density at radius 3 is 2.44 bits per heavy atom. The summed E-state index contributed by atoms with van der Waals surface area (Å²) in [5, 5.41) is 11.1. The summed E-state index contributed by atoms with van der Waals surface area (Å²) in [6, 6.07) is 13.7. The van der Waals surface area contributed by atoms with E-state index in [2.05, 4.69) is 34.7 Å². The van der Waals surface area contributed by atoms with E-state index in [9.17, 15) is 14.7 Å². The highest BCUT2D eigenvalue weighted by Gasteiger charge is 2.45. The van der Waals surface area contributed by atoms with Crippen LogP contribution in [-0.4, -0.2) is 59.9 Å². The van der Waals surface area contributed by atoms with Crippen LogP contribution in [0.25, 0.3) is 5.76 Å². The molecule has 1 aliphatic rings. The third-order valence-electron chi connectivity index (χ3n) is 5.84. The molecular weight excluding hydrogens is 472 g/mol. The lowest BCUT2D eigenvalue weighted by Gasteiger charge is -2.27. The number of ketones is 1. The smallest absolute Gasteiger partial charge is 0.295 e. The van der Waals surface area contributed by atoms with Crippen molar-refractivity contribution in [2.75, 3.05) is 33.3 Å². The predicted molar refractivity (Wildman–Crippen MR) is 129 cm³/mol. The Balaban J connectivity index is 2.03. The van der Waals surface area contributed by atoms with Crippen LogP contribution in [-0.2, 0) is 9.59 Å². The van der Waals surface area contributed by atoms with Crippen LogP contribution in [0.15, 0.2) is 58.6 Å². The van der Waals surface area contributed by atoms with Crippen LogP contribution in [0, 0.1) is 0 Å². The van der Waals surface area contributed by atoms with Gasteiger partial charge in [-0.25, -0.2) is 0 Å². The van der Waals surface area contributed by atoms with Gasteiger partial charge in [-0.15, -0.1) is 0 Å². The van der Waals surface area contributed by atoms with Gasteiger partial charge in [0, 0.05) is 16.6 Å². The maximum Gasteiger partial charge on any atom is 0.295 e. The highest BCUT2D eigenvalue weighted by molar-refractivity contribution is 9.10. The fourth-order valence-corrected chi connectivity index (χ4v) is 4.30. The van der Waals surface area contributed by atoms with Crippen molar-refractivity contribution in [3.8, 4) is 5.75 Å². The Morgan fingerprint density at radius 2 is 1.81 bits per heavy atom. The average Bonchev–Trinajstić information content (AvgIpc) is 3.07. The number of methoxy groups -OCH3 is 1. The Morgan fingerprint density at radius 1 is 1.12 bits per heavy atom. The van der Waals surface area contributed by atoms with Crippen molar-refractivity contribution in [1.82, 2.24) is 9.80 Å². The number of halogens is 1. The molecule has 3 rings (SSSR count). The molecule has 0 spiro atoms. The van der Waals surface area contributed by atoms with E-state index in [-0.39, 0.29) is 11.3 Å². The molecule has 2 aromatic rings. The lowest BCUT2D eigenvalue weighted by Crippen LogP contribution is -2.33. The van der Waals surface area contributed by atoms with Crippen LogP contribution in [0.1, 0.15) is 37.4 Å². The summed E-state index contributed by atoms with van der Waals surface area (Å²) in [7, 11) is 1.54. The number of amides is 1. The molecule has 1 atom stereocenters. The Hall–Kier alpha value is -2.64. The summed E-state index contributed by atoms with van der Waals surface area (Å²) >= 11 is 3.43. The van der Waals surface area contributed by atoms with E-state index in [4.69, 9.17) is 4.74 Å². The zero-order valence-corrected chi connectivity index (χ0v) is 20.3. The van der Waals surface area contributed by atoms with Gasteiger partial charge in [0.2, 0.25) is 0 Å². The Kier molecular flexibility index (Phi) is 8.10. The molecule has 1 amide bonds. The van der Waals surface area contributed by atoms with Crippen molar-refractivity contribution >= 4 is 33.4 Å². The molecule has 170 valence electrons. The van der Waals surface area contributed by atoms with Crippen LogP contribution >= 0.6 is 15.9 Å². The van der Waals surface area contributed by atoms with Crippen LogP contribution in [0.4, 0.5) is 0 Å². The molecule has 2 aromatic carbocycles. The maximum absolute atomic E-state index is 13.1. The lowest BCUT2D eigenvalue weighted by molar-refractivity contribution is -0.140. The standard InChI is InChI=1S/C25H29BrN2O4/c1-4-27(5-2)14-7-15-28-22(17-10-12-19(26)13-11-17)21(24(30)25(28)31)23(29)18-8-6-9-20(16-18)32-3/h6,8-13,16,22,29H,4-5,7,14-15H2,1-3H3/t22-/m0/s1. The predicted octanol–water partition coefficient (Wildman–Crippen LogP) is 4.61. The number of Topliss-reactive ketones (excluding diaryl/α,β-unsaturated/α-hetero) is 1. The van der Waals surface area contributed by atoms with Gasteiger partial charge in [-0.05, 0) is 55.9 Å². The molecule has 0 aromatic heterocycles. The molecule has 1 fully saturated rings. The average molecular weight is 501 g/mol. The quantitative estimate of drug-likeness (QED) is 0.309. The van der Waals surface area contributed by atoms with Gasteiger partial charge in [0.25, 0.3) is 11.7 Å². The number of hydrogen-bond acceptors (Lipinski definition) is 5. The van der Waals surface area contributed by atoms with Gasteiger partial charge >= 0.3 is 0 Å². The summed E-state index contributed by atoms with van der Waals surface area (Å²) < 4.78 is 6.15. The first kappa shape index (κ1) is 24.0. The van der Waals surface area contributed by atoms with Crippen molar-refractivity contribution in [2.24, 2.45) is 0 Å². The molecule has 0 saturated carbocycles. The van der Waals surface area contributed by atoms with Gasteiger partial charge in [-0.1, -0.05) is 54.0 Å². The third kappa shape index (κ3) is 5.05. The van der Waals surface area contributed by atoms with Crippen LogP contribution in [0.5, 0.6) is 5.75 Å². The SMILES string of the molecule is CCN(CC)CCCN1C(=O)C(=O)C(=C(O)c2cccc(OC)c2)[C@@H]1c1ccc(Br)cc1. The van der Waals surface area contributed by atoms with E-state index < -0.39 is 17.7 Å². The van der Waals surface area contributed by atoms with E-state index in [0.29, 0.717) is 17.9 Å². The normalized spacial score (nSPS) is 17.9. The highest BCUT2D eigenvalue weighted by Crippen LogP contribution is 2.40. The van der Waals surface area contributed by atoms with Gasteiger partial charge < -0.3 is 19.6 Å². The van der Waals surface area contributed by atoms with E-state index in [1.165, 1.54) is 7.11 Å². The van der Waals surface area contributed by atoms with Crippen LogP contribution in [0.3, 0.4) is 0 Å². The number of carbonyl (C=O) groups excluding carboxylic acids is 2. The summed E-state index contributed by atoms with van der Waals surface area (Å²) in [6.45, 7) is 7.33. The zero-order valence-electron chi connectivity index (χ0n) is 18.7. The third-order valence-corrected chi connectivity index (χ3v) is 6.37. The molecule has 0 aliphatic carbocycles. The molecule has 1 saturated heterocycles. The molecule has 0 unspecified atom stereocenters. The van der Waals surface area contributed by atoms with E-state index in [1.807, 2.05) is 24.3 Å². The number of likely N-dealkylation sites (tertiary alicyclic amines) is 1. The van der Waals surface area contributed by atoms with Crippen molar-refractivity contribution in [3.05, 3.63) is 69.7 Å². The van der Waals surface area contributed by atoms with Crippen molar-refractivity contribution in [2.45, 2.75) is 26.3 Å². The molecule has 0 bridgehead atoms. The molecular formula is C25H29BrN2O4. The topological polar surface area (TPSA) is 70.1 Å². The fourth-order valence-electron chi connectivity index (χ4n) is 4.03. The molecule has 7 heteroatoms. The summed E-state index contributed by atoms with van der Waals surface area (Å²) in [4.78, 5) is 30.0. The summed E-state index contributed by atoms with van der Waals surface area (Å²) in [6.07, 6.45) is 0.737. The van der Waals surface area contributed by atoms with Crippen molar-refractivity contribution in [3.63, 3.8) is 0 Å². The largest absolute Gasteiger partial charge is 0.507 e. The molecule has 1 heterocycles. The highest BCUT2D eigenvalue weighted by atomic mass is 79.9. The number of aliphatic hydroxyl groups is 1. The second-order valence-electron chi connectivity index (χ2n) is 7.66. The molecule has 32 heavy (non-hydrogen) atoms. The number of benzene rings is 2. The van der Waals surface area contributed by atoms with Crippen molar-refractivity contribution < 1.29 is 19.4 Å². The number of hydrogen-bond donors (Lipinski definition) is 1. The number of carbonyl (C=O) groups is 2. The maximum atomic E-state index is 13.1. The minimum Gasteiger partial charge on any atom is -0.507 e. The first-order valence-corrected chi connectivity index (χ1v) is 11.6. The van der Waals surface area contributed by atoms with Gasteiger partial charge in [0.05, 0.1) is 18.7 Å². The minimum absolute atomic E-state index is 0.105. The first-order valence-electron chi connectivity index (χ1n) is 10.8. The second-order valence-corrected chi connectivity index (χ2v) is 8.57. The minimum atomic E-state index is -0.666. The van der Waals surface area contributed by atoms with Gasteiger partial charge in [-0.2, -0.15) is 0 Å².